The molecule has 0 radical (unpaired) electrons. The molecule has 22 heteroatoms. The Bertz CT molecular complexity index is 3320. The number of benzene rings is 7. The van der Waals surface area contributed by atoms with Gasteiger partial charge >= 0.3 is 0 Å². The Hall–Kier alpha value is -9.32. The number of phenols is 12. The van der Waals surface area contributed by atoms with Gasteiger partial charge in [0.25, 0.3) is 0 Å². The summed E-state index contributed by atoms with van der Waals surface area (Å²) in [6, 6.07) is 24.5. The molecule has 1 aliphatic heterocycles. The molecule has 3 aliphatic rings. The molecule has 22 nitrogen and oxygen atoms in total. The summed E-state index contributed by atoms with van der Waals surface area (Å²) in [5, 5.41) is 179. The summed E-state index contributed by atoms with van der Waals surface area (Å²) in [5.74, 6) is -14.4. The fraction of sp³-hybridized carbons (Fsp3) is 0.323. The summed E-state index contributed by atoms with van der Waals surface area (Å²) < 4.78 is 8.72. The number of aliphatic hydroxyl groups excluding tert-OH is 5. The lowest BCUT2D eigenvalue weighted by Gasteiger charge is -2.26. The minimum absolute atomic E-state index is 0.0447. The van der Waals surface area contributed by atoms with Crippen LogP contribution >= 0.6 is 0 Å². The number of carboxylic acid groups (broad SMARTS) is 1. The van der Waals surface area contributed by atoms with E-state index in [9.17, 15) is 71.2 Å². The van der Waals surface area contributed by atoms with E-state index in [1.807, 2.05) is 24.3 Å². The third-order valence-corrected chi connectivity index (χ3v) is 15.3. The third-order valence-electron chi connectivity index (χ3n) is 15.3. The van der Waals surface area contributed by atoms with E-state index in [1.165, 1.54) is 52.0 Å². The highest BCUT2D eigenvalue weighted by molar-refractivity contribution is 6.07. The summed E-state index contributed by atoms with van der Waals surface area (Å²) in [5.41, 5.74) is 3.98. The second-order valence-corrected chi connectivity index (χ2v) is 19.3. The number of hydrogen-bond acceptors (Lipinski definition) is 21. The fourth-order valence-electron chi connectivity index (χ4n) is 10.7. The van der Waals surface area contributed by atoms with Crippen molar-refractivity contribution in [1.29, 1.82) is 0 Å². The van der Waals surface area contributed by atoms with Crippen LogP contribution in [-0.4, -0.2) is 155 Å². The zero-order chi connectivity index (χ0) is 66.2. The van der Waals surface area contributed by atoms with E-state index in [0.717, 1.165) is 101 Å². The molecule has 0 aromatic heterocycles. The lowest BCUT2D eigenvalue weighted by Crippen LogP contribution is -2.29. The van der Waals surface area contributed by atoms with Crippen molar-refractivity contribution in [3.8, 4) is 91.4 Å². The third kappa shape index (κ3) is 13.9. The molecule has 1 heterocycles. The average molecular weight is 1210 g/mol. The fourth-order valence-corrected chi connectivity index (χ4v) is 10.7. The van der Waals surface area contributed by atoms with Crippen LogP contribution in [0.25, 0.3) is 33.4 Å². The highest BCUT2D eigenvalue weighted by Crippen LogP contribution is 2.57. The van der Waals surface area contributed by atoms with Crippen LogP contribution in [0.2, 0.25) is 0 Å². The van der Waals surface area contributed by atoms with Crippen molar-refractivity contribution >= 4 is 22.6 Å². The Balaban J connectivity index is 0.000000410. The van der Waals surface area contributed by atoms with Crippen LogP contribution in [0.3, 0.4) is 0 Å². The molecule has 0 saturated heterocycles. The maximum absolute atomic E-state index is 12.0. The van der Waals surface area contributed by atoms with Crippen LogP contribution < -0.4 is 19.9 Å². The number of nitrogens with zero attached hydrogens (tertiary/aromatic N) is 2. The molecule has 0 unspecified atom stereocenters. The molecule has 0 amide bonds. The number of anilines is 1. The normalized spacial score (nSPS) is 14.5. The number of hydrogen-bond donors (Lipinski definition) is 17. The zero-order valence-electron chi connectivity index (χ0n) is 50.9. The number of aliphatic hydroxyl groups is 5. The molecule has 8 bridgehead atoms. The summed E-state index contributed by atoms with van der Waals surface area (Å²) in [7, 11) is 5.00. The van der Waals surface area contributed by atoms with Crippen LogP contribution in [0, 0.1) is 0 Å². The quantitative estimate of drug-likeness (QED) is 0.0421. The molecule has 9 rings (SSSR count). The molecule has 6 aromatic rings. The molecular formula is C65H82N2O20. The number of aromatic carboxylic acids is 1. The molecule has 0 saturated carbocycles. The van der Waals surface area contributed by atoms with Crippen LogP contribution in [0.5, 0.6) is 69.0 Å². The van der Waals surface area contributed by atoms with Crippen LogP contribution in [0.15, 0.2) is 89.3 Å². The van der Waals surface area contributed by atoms with Crippen molar-refractivity contribution in [2.45, 2.75) is 79.1 Å². The second-order valence-electron chi connectivity index (χ2n) is 19.3. The predicted molar refractivity (Wildman–Crippen MR) is 329 cm³/mol. The van der Waals surface area contributed by atoms with E-state index in [4.69, 9.17) is 29.9 Å². The topological polar surface area (TPSA) is 403 Å². The summed E-state index contributed by atoms with van der Waals surface area (Å²) >= 11 is 0. The van der Waals surface area contributed by atoms with Gasteiger partial charge in [0.05, 0.1) is 12.0 Å². The van der Waals surface area contributed by atoms with Crippen molar-refractivity contribution in [3.63, 3.8) is 0 Å². The van der Waals surface area contributed by atoms with Gasteiger partial charge in [-0.2, -0.15) is 0 Å². The largest absolute Gasteiger partial charge is 0.545 e. The van der Waals surface area contributed by atoms with Crippen molar-refractivity contribution in [3.05, 3.63) is 140 Å². The van der Waals surface area contributed by atoms with Gasteiger partial charge in [0.1, 0.15) is 24.4 Å². The van der Waals surface area contributed by atoms with Crippen molar-refractivity contribution < 1.29 is 101 Å². The number of aromatic hydroxyl groups is 12. The van der Waals surface area contributed by atoms with E-state index in [1.54, 1.807) is 12.1 Å². The Morgan fingerprint density at radius 3 is 1.08 bits per heavy atom. The van der Waals surface area contributed by atoms with Gasteiger partial charge in [-0.1, -0.05) is 52.0 Å². The number of carbonyl (C=O) groups is 1. The monoisotopic (exact) mass is 1210 g/mol. The Morgan fingerprint density at radius 2 is 0.770 bits per heavy atom. The highest BCUT2D eigenvalue weighted by atomic mass is 16.4. The first-order chi connectivity index (χ1) is 41.5. The minimum Gasteiger partial charge on any atom is -0.545 e. The molecule has 0 atom stereocenters. The van der Waals surface area contributed by atoms with E-state index in [2.05, 4.69) is 61.4 Å². The molecule has 472 valence electrons. The van der Waals surface area contributed by atoms with Crippen molar-refractivity contribution in [2.75, 3.05) is 66.6 Å². The van der Waals surface area contributed by atoms with E-state index in [0.29, 0.717) is 5.56 Å². The first-order valence-corrected chi connectivity index (χ1v) is 27.5. The Morgan fingerprint density at radius 1 is 0.437 bits per heavy atom. The summed E-state index contributed by atoms with van der Waals surface area (Å²) in [4.78, 5) is 14.2. The molecule has 0 fully saturated rings. The molecule has 6 aromatic carbocycles. The maximum Gasteiger partial charge on any atom is 0.203 e. The first kappa shape index (κ1) is 71.9. The number of rotatable bonds is 7. The molecule has 0 spiro atoms. The first-order valence-electron chi connectivity index (χ1n) is 27.5. The zero-order valence-corrected chi connectivity index (χ0v) is 50.9. The van der Waals surface area contributed by atoms with Crippen LogP contribution in [0.1, 0.15) is 134 Å². The molecule has 87 heavy (non-hydrogen) atoms. The van der Waals surface area contributed by atoms with Gasteiger partial charge < -0.3 is 106 Å². The Kier molecular flexibility index (Phi) is 26.2. The van der Waals surface area contributed by atoms with Gasteiger partial charge in [-0.25, -0.2) is 4.58 Å². The van der Waals surface area contributed by atoms with Gasteiger partial charge in [0, 0.05) is 157 Å². The van der Waals surface area contributed by atoms with Crippen LogP contribution in [-0.2, 0) is 0 Å². The number of fused-ring (bicyclic) bond motifs is 10. The van der Waals surface area contributed by atoms with Gasteiger partial charge in [0.15, 0.2) is 46.0 Å². The standard InChI is InChI=1S/C32H32O12.C28H30N2O3.5CH4O/c1-9-13-5-15(23(35)29(41)21(13)33)10(2)17-7-19(27(39)31(43)25(17)37)12(4)20-8-18(26(38)32(44)28(20)40)11(3)16-6-14(9)22(34)30(42)24(16)36;1-5-29(6-2)19-13-15-23-25(17-19)33-26-18-20(30(7-3)8-4)14-16-24(26)27(23)21-11-9-10-12-22(21)28(31)32;5*1-2/h5-12,33-44H,1-4H3;9-18H,5-8H2,1-4H3;5*2H,1H3. The van der Waals surface area contributed by atoms with Gasteiger partial charge in [-0.05, 0) is 75.7 Å². The van der Waals surface area contributed by atoms with Crippen molar-refractivity contribution in [1.82, 2.24) is 4.58 Å². The lowest BCUT2D eigenvalue weighted by atomic mass is 9.80. The van der Waals surface area contributed by atoms with Gasteiger partial charge in [-0.3, -0.25) is 0 Å². The molecular weight excluding hydrogens is 1130 g/mol. The second kappa shape index (κ2) is 31.7. The van der Waals surface area contributed by atoms with Crippen LogP contribution in [0.4, 0.5) is 5.69 Å². The van der Waals surface area contributed by atoms with Gasteiger partial charge in [0.2, 0.25) is 28.4 Å². The molecule has 2 aliphatic carbocycles. The van der Waals surface area contributed by atoms with E-state index in [-0.39, 0.29) is 50.1 Å². The predicted octanol–water partition coefficient (Wildman–Crippen LogP) is 7.34. The lowest BCUT2D eigenvalue weighted by molar-refractivity contribution is -0.255. The van der Waals surface area contributed by atoms with Gasteiger partial charge in [-0.15, -0.1) is 0 Å². The Labute approximate surface area is 504 Å². The van der Waals surface area contributed by atoms with Crippen molar-refractivity contribution in [2.24, 2.45) is 0 Å². The smallest absolute Gasteiger partial charge is 0.203 e. The number of phenolic OH excluding ortho intramolecular Hbond substituents is 12. The maximum atomic E-state index is 12.0. The summed E-state index contributed by atoms with van der Waals surface area (Å²) in [6.07, 6.45) is 0. The average Bonchev–Trinajstić information content (AvgIpc) is 0.953. The molecule has 17 N–H and O–H groups in total. The van der Waals surface area contributed by atoms with E-state index >= 15 is 0 Å². The highest BCUT2D eigenvalue weighted by Gasteiger charge is 2.34. The summed E-state index contributed by atoms with van der Waals surface area (Å²) in [6.45, 7) is 18.1. The minimum atomic E-state index is -1.19. The SMILES string of the molecule is CC1c2cc(c(O)c(O)c2O)C(C)c2cc(c(O)c(O)c2O)C(C)c2cc(c(O)c(O)c2O)C(C)c2cc1c(O)c(O)c2O.CCN(CC)c1ccc2c(-c3ccccc3C(=O)[O-])c3ccc(=[N+](CC)CC)cc-3oc2c1.CO.CO.CO.CO.CO. The number of carboxylic acids is 1. The van der Waals surface area contributed by atoms with E-state index < -0.39 is 98.6 Å². The number of carbonyl (C=O) groups excluding carboxylic acids is 1.